The van der Waals surface area contributed by atoms with E-state index in [1.54, 1.807) is 19.9 Å². The van der Waals surface area contributed by atoms with Gasteiger partial charge in [0.15, 0.2) is 0 Å². The van der Waals surface area contributed by atoms with Crippen LogP contribution in [0.25, 0.3) is 0 Å². The molecule has 0 aliphatic heterocycles. The van der Waals surface area contributed by atoms with Gasteiger partial charge in [-0.2, -0.15) is 5.26 Å². The van der Waals surface area contributed by atoms with Gasteiger partial charge in [0.1, 0.15) is 12.6 Å². The predicted molar refractivity (Wildman–Crippen MR) is 59.5 cm³/mol. The Morgan fingerprint density at radius 1 is 1.12 bits per heavy atom. The highest BCUT2D eigenvalue weighted by atomic mass is 16.2. The zero-order valence-corrected chi connectivity index (χ0v) is 10.0. The topological polar surface area (TPSA) is 111 Å². The summed E-state index contributed by atoms with van der Waals surface area (Å²) >= 11 is 0. The number of carbonyl (C=O) groups is 3. The van der Waals surface area contributed by atoms with Gasteiger partial charge in [-0.05, 0) is 20.8 Å². The highest BCUT2D eigenvalue weighted by Gasteiger charge is 2.20. The molecule has 0 aromatic heterocycles. The first-order chi connectivity index (χ1) is 7.88. The number of nitrogens with one attached hydrogen (secondary N) is 3. The lowest BCUT2D eigenvalue weighted by Gasteiger charge is -2.15. The van der Waals surface area contributed by atoms with E-state index in [-0.39, 0.29) is 18.5 Å². The summed E-state index contributed by atoms with van der Waals surface area (Å²) < 4.78 is 0. The first kappa shape index (κ1) is 14.9. The van der Waals surface area contributed by atoms with Crippen molar-refractivity contribution in [2.45, 2.75) is 32.9 Å². The summed E-state index contributed by atoms with van der Waals surface area (Å²) in [5.74, 6) is -2.25. The zero-order valence-electron chi connectivity index (χ0n) is 10.0. The van der Waals surface area contributed by atoms with E-state index in [1.807, 2.05) is 0 Å². The van der Waals surface area contributed by atoms with E-state index in [4.69, 9.17) is 5.26 Å². The highest BCUT2D eigenvalue weighted by Crippen LogP contribution is 1.85. The molecule has 7 heteroatoms. The predicted octanol–water partition coefficient (Wildman–Crippen LogP) is -1.34. The second-order valence-electron chi connectivity index (χ2n) is 3.70. The number of nitriles is 1. The van der Waals surface area contributed by atoms with Crippen LogP contribution in [0.5, 0.6) is 0 Å². The van der Waals surface area contributed by atoms with E-state index in [2.05, 4.69) is 16.0 Å². The average molecular weight is 240 g/mol. The Kier molecular flexibility index (Phi) is 6.33. The van der Waals surface area contributed by atoms with E-state index < -0.39 is 17.9 Å². The van der Waals surface area contributed by atoms with Crippen molar-refractivity contribution in [3.63, 3.8) is 0 Å². The van der Waals surface area contributed by atoms with Gasteiger partial charge in [0.25, 0.3) is 0 Å². The molecule has 0 saturated carbocycles. The number of hydrogen-bond acceptors (Lipinski definition) is 4. The van der Waals surface area contributed by atoms with Gasteiger partial charge < -0.3 is 16.0 Å². The van der Waals surface area contributed by atoms with Gasteiger partial charge in [0.05, 0.1) is 6.07 Å². The summed E-state index contributed by atoms with van der Waals surface area (Å²) in [7, 11) is 0. The molecule has 1 atom stereocenters. The van der Waals surface area contributed by atoms with Crippen LogP contribution in [0.3, 0.4) is 0 Å². The lowest BCUT2D eigenvalue weighted by molar-refractivity contribution is -0.140. The molecule has 0 spiro atoms. The Bertz CT molecular complexity index is 346. The largest absolute Gasteiger partial charge is 0.352 e. The Morgan fingerprint density at radius 3 is 2.18 bits per heavy atom. The summed E-state index contributed by atoms with van der Waals surface area (Å²) in [6.45, 7) is 4.78. The first-order valence-corrected chi connectivity index (χ1v) is 5.14. The van der Waals surface area contributed by atoms with Crippen LogP contribution in [0.15, 0.2) is 0 Å². The molecule has 0 fully saturated rings. The Labute approximate surface area is 99.6 Å². The SMILES string of the molecule is CC(C)NC(=O)C(C)NC(=O)C(=O)NCC#N. The van der Waals surface area contributed by atoms with Crippen molar-refractivity contribution in [3.05, 3.63) is 0 Å². The minimum absolute atomic E-state index is 0.0470. The molecule has 1 unspecified atom stereocenters. The third kappa shape index (κ3) is 6.14. The molecule has 17 heavy (non-hydrogen) atoms. The van der Waals surface area contributed by atoms with Crippen molar-refractivity contribution >= 4 is 17.7 Å². The number of nitrogens with zero attached hydrogens (tertiary/aromatic N) is 1. The summed E-state index contributed by atoms with van der Waals surface area (Å²) in [6, 6.07) is 0.810. The fourth-order valence-electron chi connectivity index (χ4n) is 0.937. The van der Waals surface area contributed by atoms with Crippen LogP contribution in [0, 0.1) is 11.3 Å². The van der Waals surface area contributed by atoms with Crippen LogP contribution in [0.2, 0.25) is 0 Å². The number of hydrogen-bond donors (Lipinski definition) is 3. The normalized spacial score (nSPS) is 11.2. The van der Waals surface area contributed by atoms with Crippen LogP contribution >= 0.6 is 0 Å². The van der Waals surface area contributed by atoms with E-state index >= 15 is 0 Å². The van der Waals surface area contributed by atoms with Gasteiger partial charge in [-0.25, -0.2) is 0 Å². The minimum atomic E-state index is -0.938. The zero-order chi connectivity index (χ0) is 13.4. The van der Waals surface area contributed by atoms with E-state index in [0.29, 0.717) is 0 Å². The molecule has 0 aromatic rings. The lowest BCUT2D eigenvalue weighted by Crippen LogP contribution is -2.50. The van der Waals surface area contributed by atoms with E-state index in [0.717, 1.165) is 0 Å². The van der Waals surface area contributed by atoms with Crippen molar-refractivity contribution < 1.29 is 14.4 Å². The summed E-state index contributed by atoms with van der Waals surface area (Å²) in [6.07, 6.45) is 0. The molecule has 3 N–H and O–H groups in total. The average Bonchev–Trinajstić information content (AvgIpc) is 2.24. The number of rotatable bonds is 4. The summed E-state index contributed by atoms with van der Waals surface area (Å²) in [5, 5.41) is 15.1. The van der Waals surface area contributed by atoms with Gasteiger partial charge in [0, 0.05) is 6.04 Å². The number of carbonyl (C=O) groups excluding carboxylic acids is 3. The van der Waals surface area contributed by atoms with Crippen LogP contribution < -0.4 is 16.0 Å². The molecular weight excluding hydrogens is 224 g/mol. The van der Waals surface area contributed by atoms with Crippen molar-refractivity contribution in [1.82, 2.24) is 16.0 Å². The molecule has 0 heterocycles. The fourth-order valence-corrected chi connectivity index (χ4v) is 0.937. The van der Waals surface area contributed by atoms with Crippen molar-refractivity contribution in [2.24, 2.45) is 0 Å². The van der Waals surface area contributed by atoms with Crippen LogP contribution in [0.4, 0.5) is 0 Å². The fraction of sp³-hybridized carbons (Fsp3) is 0.600. The quantitative estimate of drug-likeness (QED) is 0.417. The van der Waals surface area contributed by atoms with Crippen molar-refractivity contribution in [3.8, 4) is 6.07 Å². The first-order valence-electron chi connectivity index (χ1n) is 5.14. The molecule has 7 nitrogen and oxygen atoms in total. The maximum atomic E-state index is 11.4. The minimum Gasteiger partial charge on any atom is -0.352 e. The molecular formula is C10H16N4O3. The third-order valence-corrected chi connectivity index (χ3v) is 1.71. The summed E-state index contributed by atoms with van der Waals surface area (Å²) in [5.41, 5.74) is 0. The van der Waals surface area contributed by atoms with Crippen molar-refractivity contribution in [2.75, 3.05) is 6.54 Å². The molecule has 0 aliphatic rings. The summed E-state index contributed by atoms with van der Waals surface area (Å²) in [4.78, 5) is 33.7. The van der Waals surface area contributed by atoms with Gasteiger partial charge in [-0.1, -0.05) is 0 Å². The monoisotopic (exact) mass is 240 g/mol. The van der Waals surface area contributed by atoms with Crippen LogP contribution in [0.1, 0.15) is 20.8 Å². The molecule has 0 rings (SSSR count). The maximum Gasteiger partial charge on any atom is 0.310 e. The van der Waals surface area contributed by atoms with Gasteiger partial charge in [-0.15, -0.1) is 0 Å². The second kappa shape index (κ2) is 7.22. The molecule has 94 valence electrons. The molecule has 0 saturated heterocycles. The van der Waals surface area contributed by atoms with E-state index in [9.17, 15) is 14.4 Å². The Morgan fingerprint density at radius 2 is 1.71 bits per heavy atom. The Hall–Kier alpha value is -2.10. The van der Waals surface area contributed by atoms with Gasteiger partial charge in [-0.3, -0.25) is 14.4 Å². The lowest BCUT2D eigenvalue weighted by atomic mass is 10.2. The van der Waals surface area contributed by atoms with E-state index in [1.165, 1.54) is 6.92 Å². The maximum absolute atomic E-state index is 11.4. The van der Waals surface area contributed by atoms with Crippen LogP contribution in [-0.4, -0.2) is 36.3 Å². The molecule has 3 amide bonds. The number of amides is 3. The van der Waals surface area contributed by atoms with Crippen LogP contribution in [-0.2, 0) is 14.4 Å². The van der Waals surface area contributed by atoms with Crippen molar-refractivity contribution in [1.29, 1.82) is 5.26 Å². The second-order valence-corrected chi connectivity index (χ2v) is 3.70. The van der Waals surface area contributed by atoms with Gasteiger partial charge in [0.2, 0.25) is 5.91 Å². The molecule has 0 radical (unpaired) electrons. The smallest absolute Gasteiger partial charge is 0.310 e. The molecule has 0 aromatic carbocycles. The third-order valence-electron chi connectivity index (χ3n) is 1.71. The standard InChI is InChI=1S/C10H16N4O3/c1-6(2)13-8(15)7(3)14-10(17)9(16)12-5-4-11/h6-7H,5H2,1-3H3,(H,12,16)(H,13,15)(H,14,17). The van der Waals surface area contributed by atoms with Gasteiger partial charge >= 0.3 is 11.8 Å². The molecule has 0 bridgehead atoms. The Balaban J connectivity index is 4.16. The molecule has 0 aliphatic carbocycles. The highest BCUT2D eigenvalue weighted by molar-refractivity contribution is 6.35.